The summed E-state index contributed by atoms with van der Waals surface area (Å²) < 4.78 is 16.8. The van der Waals surface area contributed by atoms with Crippen molar-refractivity contribution in [2.75, 3.05) is 0 Å². The summed E-state index contributed by atoms with van der Waals surface area (Å²) in [6.45, 7) is 8.04. The predicted molar refractivity (Wildman–Crippen MR) is 53.5 cm³/mol. The van der Waals surface area contributed by atoms with E-state index in [9.17, 15) is 0 Å². The third-order valence-corrected chi connectivity index (χ3v) is 3.02. The molecule has 1 unspecified atom stereocenters. The van der Waals surface area contributed by atoms with Gasteiger partial charge in [0, 0.05) is 0 Å². The quantitative estimate of drug-likeness (QED) is 0.504. The van der Waals surface area contributed by atoms with Crippen LogP contribution in [-0.4, -0.2) is 24.4 Å². The van der Waals surface area contributed by atoms with Gasteiger partial charge in [0.2, 0.25) is 0 Å². The zero-order valence-corrected chi connectivity index (χ0v) is 9.98. The van der Waals surface area contributed by atoms with Crippen molar-refractivity contribution in [1.29, 1.82) is 0 Å². The third-order valence-electron chi connectivity index (χ3n) is 3.02. The Morgan fingerprint density at radius 3 is 2.07 bits per heavy atom. The van der Waals surface area contributed by atoms with Gasteiger partial charge in [-0.05, 0) is 27.7 Å². The molecule has 0 radical (unpaired) electrons. The van der Waals surface area contributed by atoms with Crippen LogP contribution in [-0.2, 0) is 14.0 Å². The maximum Gasteiger partial charge on any atom is 1.00 e. The minimum atomic E-state index is -0.407. The first kappa shape index (κ1) is 13.0. The van der Waals surface area contributed by atoms with Gasteiger partial charge in [0.05, 0.1) is 23.6 Å². The van der Waals surface area contributed by atoms with Crippen LogP contribution in [0.4, 0.5) is 0 Å². The summed E-state index contributed by atoms with van der Waals surface area (Å²) in [5, 5.41) is 4.10. The van der Waals surface area contributed by atoms with E-state index in [0.717, 1.165) is 0 Å². The van der Waals surface area contributed by atoms with Crippen LogP contribution in [0.25, 0.3) is 5.32 Å². The fourth-order valence-corrected chi connectivity index (χ4v) is 1.41. The Hall–Kier alpha value is -0.0777. The smallest absolute Gasteiger partial charge is 0.656 e. The van der Waals surface area contributed by atoms with E-state index in [2.05, 4.69) is 5.32 Å². The Kier molecular flexibility index (Phi) is 3.52. The van der Waals surface area contributed by atoms with E-state index in [4.69, 9.17) is 14.0 Å². The number of rotatable bonds is 1. The van der Waals surface area contributed by atoms with Crippen molar-refractivity contribution in [3.05, 3.63) is 17.8 Å². The second-order valence-corrected chi connectivity index (χ2v) is 4.59. The van der Waals surface area contributed by atoms with E-state index >= 15 is 0 Å². The Morgan fingerprint density at radius 2 is 1.67 bits per heavy atom. The summed E-state index contributed by atoms with van der Waals surface area (Å²) in [7, 11) is -0.407. The first-order valence-corrected chi connectivity index (χ1v) is 4.78. The molecule has 2 rings (SSSR count). The summed E-state index contributed by atoms with van der Waals surface area (Å²) >= 11 is 0. The summed E-state index contributed by atoms with van der Waals surface area (Å²) in [5.41, 5.74) is -0.641. The molecule has 0 aliphatic carbocycles. The molecule has 15 heavy (non-hydrogen) atoms. The van der Waals surface area contributed by atoms with Crippen LogP contribution in [0.1, 0.15) is 27.7 Å². The van der Waals surface area contributed by atoms with Crippen LogP contribution in [0, 0.1) is 0 Å². The molecule has 1 atom stereocenters. The molecule has 0 amide bonds. The first-order chi connectivity index (χ1) is 6.42. The van der Waals surface area contributed by atoms with Gasteiger partial charge in [0.25, 0.3) is 0 Å². The van der Waals surface area contributed by atoms with Crippen molar-refractivity contribution in [2.45, 2.75) is 45.0 Å². The van der Waals surface area contributed by atoms with Gasteiger partial charge in [0.1, 0.15) is 0 Å². The molecule has 1 fully saturated rings. The van der Waals surface area contributed by atoms with Crippen molar-refractivity contribution < 1.29 is 32.9 Å². The van der Waals surface area contributed by atoms with E-state index < -0.39 is 7.12 Å². The van der Waals surface area contributed by atoms with E-state index in [-0.39, 0.29) is 36.2 Å². The monoisotopic (exact) mass is 203 g/mol. The summed E-state index contributed by atoms with van der Waals surface area (Å²) in [4.78, 5) is 0. The third kappa shape index (κ3) is 2.21. The molecule has 2 aliphatic rings. The standard InChI is InChI=1S/C9H15BNO3.Li/c1-8(2)9(3,4)14-10(13-8)7-11-5-6-12-7;/h5-7H,1-4H3;/q-1;+1. The molecule has 0 aromatic carbocycles. The summed E-state index contributed by atoms with van der Waals surface area (Å²) in [6.07, 6.45) is 2.82. The topological polar surface area (TPSA) is 41.8 Å². The number of ether oxygens (including phenoxy) is 1. The van der Waals surface area contributed by atoms with Crippen LogP contribution in [0.2, 0.25) is 0 Å². The zero-order chi connectivity index (χ0) is 10.4. The first-order valence-electron chi connectivity index (χ1n) is 4.78. The molecule has 0 N–H and O–H groups in total. The van der Waals surface area contributed by atoms with Crippen LogP contribution in [0.15, 0.2) is 12.5 Å². The average molecular weight is 203 g/mol. The molecule has 1 saturated heterocycles. The van der Waals surface area contributed by atoms with Gasteiger partial charge in [-0.1, -0.05) is 0 Å². The molecule has 2 heterocycles. The molecule has 2 aliphatic heterocycles. The van der Waals surface area contributed by atoms with Crippen molar-refractivity contribution in [1.82, 2.24) is 0 Å². The van der Waals surface area contributed by atoms with E-state index in [1.807, 2.05) is 27.7 Å². The maximum absolute atomic E-state index is 5.77. The van der Waals surface area contributed by atoms with Crippen molar-refractivity contribution in [2.24, 2.45) is 0 Å². The summed E-state index contributed by atoms with van der Waals surface area (Å²) in [6, 6.07) is 0. The number of nitrogens with zero attached hydrogens (tertiary/aromatic N) is 1. The fourth-order valence-electron chi connectivity index (χ4n) is 1.41. The molecule has 0 aromatic heterocycles. The van der Waals surface area contributed by atoms with Gasteiger partial charge in [-0.3, -0.25) is 0 Å². The summed E-state index contributed by atoms with van der Waals surface area (Å²) in [5.74, 6) is 0. The van der Waals surface area contributed by atoms with E-state index in [1.54, 1.807) is 12.5 Å². The Labute approximate surface area is 103 Å². The molecular weight excluding hydrogens is 188 g/mol. The van der Waals surface area contributed by atoms with Crippen LogP contribution < -0.4 is 18.9 Å². The van der Waals surface area contributed by atoms with E-state index in [1.165, 1.54) is 0 Å². The molecule has 6 heteroatoms. The van der Waals surface area contributed by atoms with Gasteiger partial charge in [-0.25, -0.2) is 0 Å². The van der Waals surface area contributed by atoms with Gasteiger partial charge in [0.15, 0.2) is 0 Å². The SMILES string of the molecule is CC1(C)OB(C2[N-]C=CO2)OC1(C)C.[Li+]. The molecule has 0 spiro atoms. The van der Waals surface area contributed by atoms with Gasteiger partial charge in [-0.2, -0.15) is 0 Å². The van der Waals surface area contributed by atoms with Gasteiger partial charge in [-0.15, -0.1) is 6.20 Å². The second kappa shape index (κ2) is 4.06. The van der Waals surface area contributed by atoms with Crippen molar-refractivity contribution in [3.63, 3.8) is 0 Å². The van der Waals surface area contributed by atoms with Crippen LogP contribution in [0.3, 0.4) is 0 Å². The molecule has 0 bridgehead atoms. The minimum absolute atomic E-state index is 0. The molecular formula is C9H15BLiNO3. The van der Waals surface area contributed by atoms with E-state index in [0.29, 0.717) is 0 Å². The molecule has 78 valence electrons. The van der Waals surface area contributed by atoms with Gasteiger partial charge < -0.3 is 19.4 Å². The number of hydrogen-bond acceptors (Lipinski definition) is 3. The largest absolute Gasteiger partial charge is 1.00 e. The second-order valence-electron chi connectivity index (χ2n) is 4.59. The minimum Gasteiger partial charge on any atom is -0.656 e. The average Bonchev–Trinajstić information content (AvgIpc) is 2.58. The van der Waals surface area contributed by atoms with Crippen molar-refractivity contribution in [3.8, 4) is 0 Å². The fraction of sp³-hybridized carbons (Fsp3) is 0.778. The molecule has 4 nitrogen and oxygen atoms in total. The normalized spacial score (nSPS) is 30.7. The van der Waals surface area contributed by atoms with Gasteiger partial charge >= 0.3 is 26.0 Å². The predicted octanol–water partition coefficient (Wildman–Crippen LogP) is -1.18. The Bertz CT molecular complexity index is 246. The van der Waals surface area contributed by atoms with Crippen LogP contribution >= 0.6 is 0 Å². The molecule has 0 aromatic rings. The van der Waals surface area contributed by atoms with Crippen LogP contribution in [0.5, 0.6) is 0 Å². The number of hydrogen-bond donors (Lipinski definition) is 0. The Balaban J connectivity index is 0.00000112. The van der Waals surface area contributed by atoms with Crippen molar-refractivity contribution >= 4 is 7.12 Å². The maximum atomic E-state index is 5.77. The Morgan fingerprint density at radius 1 is 1.13 bits per heavy atom. The molecule has 0 saturated carbocycles. The zero-order valence-electron chi connectivity index (χ0n) is 9.98.